The van der Waals surface area contributed by atoms with Crippen molar-refractivity contribution in [1.82, 2.24) is 10.3 Å². The first-order valence-corrected chi connectivity index (χ1v) is 7.22. The zero-order valence-electron chi connectivity index (χ0n) is 12.7. The van der Waals surface area contributed by atoms with E-state index in [1.165, 1.54) is 0 Å². The van der Waals surface area contributed by atoms with E-state index < -0.39 is 6.10 Å². The molecule has 1 aromatic rings. The van der Waals surface area contributed by atoms with E-state index in [4.69, 9.17) is 4.84 Å². The maximum Gasteiger partial charge on any atom is 0.264 e. The summed E-state index contributed by atoms with van der Waals surface area (Å²) in [5, 5.41) is 10.1. The summed E-state index contributed by atoms with van der Waals surface area (Å²) in [6.45, 7) is 7.27. The number of aromatic nitrogens is 1. The summed E-state index contributed by atoms with van der Waals surface area (Å²) in [5.41, 5.74) is 3.06. The fraction of sp³-hybridized carbons (Fsp3) is 0.533. The van der Waals surface area contributed by atoms with E-state index in [1.807, 2.05) is 26.8 Å². The third-order valence-electron chi connectivity index (χ3n) is 3.41. The van der Waals surface area contributed by atoms with Crippen molar-refractivity contribution in [3.05, 3.63) is 24.0 Å². The van der Waals surface area contributed by atoms with Crippen LogP contribution in [-0.4, -0.2) is 35.8 Å². The molecule has 2 N–H and O–H groups in total. The average Bonchev–Trinajstić information content (AvgIpc) is 2.95. The van der Waals surface area contributed by atoms with Gasteiger partial charge in [-0.3, -0.25) is 9.78 Å². The smallest absolute Gasteiger partial charge is 0.264 e. The van der Waals surface area contributed by atoms with Gasteiger partial charge in [0.05, 0.1) is 5.71 Å². The van der Waals surface area contributed by atoms with Crippen LogP contribution in [0.4, 0.5) is 5.69 Å². The van der Waals surface area contributed by atoms with Crippen LogP contribution in [-0.2, 0) is 9.63 Å². The van der Waals surface area contributed by atoms with Gasteiger partial charge in [-0.05, 0) is 24.5 Å². The molecule has 0 saturated heterocycles. The summed E-state index contributed by atoms with van der Waals surface area (Å²) in [5.74, 6) is 0.210. The fourth-order valence-corrected chi connectivity index (χ4v) is 2.05. The standard InChI is InChI=1S/C15H22N4O2/c1-10(2)13-8-14(21-19-13)15(20)18-7-6-17-12-4-5-16-9-11(12)3/h4-5,9-10,14H,6-8H2,1-3H3,(H,16,17)(H,18,20). The van der Waals surface area contributed by atoms with Gasteiger partial charge in [0, 0.05) is 37.6 Å². The van der Waals surface area contributed by atoms with Gasteiger partial charge in [0.2, 0.25) is 6.10 Å². The molecule has 1 aliphatic heterocycles. The summed E-state index contributed by atoms with van der Waals surface area (Å²) in [7, 11) is 0. The Morgan fingerprint density at radius 2 is 2.29 bits per heavy atom. The Hall–Kier alpha value is -2.11. The highest BCUT2D eigenvalue weighted by molar-refractivity contribution is 5.93. The Kier molecular flexibility index (Phi) is 5.14. The van der Waals surface area contributed by atoms with Crippen LogP contribution < -0.4 is 10.6 Å². The lowest BCUT2D eigenvalue weighted by Gasteiger charge is -2.12. The highest BCUT2D eigenvalue weighted by atomic mass is 16.6. The van der Waals surface area contributed by atoms with E-state index >= 15 is 0 Å². The van der Waals surface area contributed by atoms with Gasteiger partial charge in [-0.1, -0.05) is 19.0 Å². The lowest BCUT2D eigenvalue weighted by Crippen LogP contribution is -2.37. The molecule has 0 saturated carbocycles. The Morgan fingerprint density at radius 3 is 2.95 bits per heavy atom. The van der Waals surface area contributed by atoms with Gasteiger partial charge in [-0.15, -0.1) is 0 Å². The number of amides is 1. The lowest BCUT2D eigenvalue weighted by molar-refractivity contribution is -0.131. The van der Waals surface area contributed by atoms with Crippen molar-refractivity contribution in [2.75, 3.05) is 18.4 Å². The van der Waals surface area contributed by atoms with E-state index in [0.717, 1.165) is 17.0 Å². The van der Waals surface area contributed by atoms with Gasteiger partial charge in [-0.25, -0.2) is 0 Å². The van der Waals surface area contributed by atoms with Gasteiger partial charge in [0.1, 0.15) is 0 Å². The van der Waals surface area contributed by atoms with Crippen LogP contribution in [0.2, 0.25) is 0 Å². The average molecular weight is 290 g/mol. The summed E-state index contributed by atoms with van der Waals surface area (Å²) in [6.07, 6.45) is 3.65. The first-order chi connectivity index (χ1) is 10.1. The number of pyridine rings is 1. The molecule has 0 spiro atoms. The molecule has 21 heavy (non-hydrogen) atoms. The van der Waals surface area contributed by atoms with Crippen molar-refractivity contribution in [2.45, 2.75) is 33.3 Å². The van der Waals surface area contributed by atoms with Gasteiger partial charge in [0.15, 0.2) is 0 Å². The predicted octanol–water partition coefficient (Wildman–Crippen LogP) is 1.72. The molecule has 0 aromatic carbocycles. The first kappa shape index (κ1) is 15.3. The van der Waals surface area contributed by atoms with Crippen molar-refractivity contribution >= 4 is 17.3 Å². The minimum absolute atomic E-state index is 0.109. The molecule has 2 heterocycles. The third-order valence-corrected chi connectivity index (χ3v) is 3.41. The van der Waals surface area contributed by atoms with Crippen molar-refractivity contribution in [3.63, 3.8) is 0 Å². The number of aryl methyl sites for hydroxylation is 1. The monoisotopic (exact) mass is 290 g/mol. The minimum Gasteiger partial charge on any atom is -0.383 e. The Bertz CT molecular complexity index is 528. The van der Waals surface area contributed by atoms with E-state index in [2.05, 4.69) is 20.8 Å². The van der Waals surface area contributed by atoms with Gasteiger partial charge >= 0.3 is 0 Å². The number of hydrogen-bond acceptors (Lipinski definition) is 5. The molecule has 1 aliphatic rings. The highest BCUT2D eigenvalue weighted by Crippen LogP contribution is 2.16. The molecule has 1 aromatic heterocycles. The summed E-state index contributed by atoms with van der Waals surface area (Å²) in [6, 6.07) is 1.92. The maximum atomic E-state index is 11.9. The SMILES string of the molecule is Cc1cnccc1NCCNC(=O)C1CC(C(C)C)=NO1. The maximum absolute atomic E-state index is 11.9. The Labute approximate surface area is 125 Å². The molecule has 1 amide bonds. The first-order valence-electron chi connectivity index (χ1n) is 7.22. The molecule has 6 heteroatoms. The number of carbonyl (C=O) groups is 1. The second kappa shape index (κ2) is 7.06. The van der Waals surface area contributed by atoms with Crippen LogP contribution in [0.1, 0.15) is 25.8 Å². The topological polar surface area (TPSA) is 75.6 Å². The van der Waals surface area contributed by atoms with Crippen LogP contribution in [0, 0.1) is 12.8 Å². The van der Waals surface area contributed by atoms with Gasteiger partial charge in [0.25, 0.3) is 5.91 Å². The number of rotatable bonds is 6. The van der Waals surface area contributed by atoms with Crippen molar-refractivity contribution in [1.29, 1.82) is 0 Å². The number of oxime groups is 1. The largest absolute Gasteiger partial charge is 0.383 e. The van der Waals surface area contributed by atoms with Crippen LogP contribution in [0.5, 0.6) is 0 Å². The summed E-state index contributed by atoms with van der Waals surface area (Å²) >= 11 is 0. The highest BCUT2D eigenvalue weighted by Gasteiger charge is 2.28. The predicted molar refractivity (Wildman–Crippen MR) is 82.2 cm³/mol. The van der Waals surface area contributed by atoms with Crippen LogP contribution >= 0.6 is 0 Å². The zero-order valence-corrected chi connectivity index (χ0v) is 12.7. The molecule has 114 valence electrons. The van der Waals surface area contributed by atoms with Crippen LogP contribution in [0.15, 0.2) is 23.6 Å². The van der Waals surface area contributed by atoms with E-state index in [0.29, 0.717) is 25.4 Å². The summed E-state index contributed by atoms with van der Waals surface area (Å²) < 4.78 is 0. The second-order valence-corrected chi connectivity index (χ2v) is 5.44. The third kappa shape index (κ3) is 4.18. The number of hydrogen-bond donors (Lipinski definition) is 2. The normalized spacial score (nSPS) is 17.3. The van der Waals surface area contributed by atoms with Gasteiger partial charge in [-0.2, -0.15) is 0 Å². The Balaban J connectivity index is 1.68. The molecule has 0 radical (unpaired) electrons. The molecule has 0 bridgehead atoms. The zero-order chi connectivity index (χ0) is 15.2. The molecule has 2 rings (SSSR count). The van der Waals surface area contributed by atoms with E-state index in [-0.39, 0.29) is 5.91 Å². The van der Waals surface area contributed by atoms with Crippen molar-refractivity contribution < 1.29 is 9.63 Å². The van der Waals surface area contributed by atoms with E-state index in [9.17, 15) is 4.79 Å². The molecule has 6 nitrogen and oxygen atoms in total. The lowest BCUT2D eigenvalue weighted by atomic mass is 10.0. The molecular weight excluding hydrogens is 268 g/mol. The van der Waals surface area contributed by atoms with E-state index in [1.54, 1.807) is 12.4 Å². The van der Waals surface area contributed by atoms with Crippen molar-refractivity contribution in [2.24, 2.45) is 11.1 Å². The summed E-state index contributed by atoms with van der Waals surface area (Å²) in [4.78, 5) is 21.2. The van der Waals surface area contributed by atoms with Gasteiger partial charge < -0.3 is 15.5 Å². The molecular formula is C15H22N4O2. The molecule has 0 aliphatic carbocycles. The molecule has 0 fully saturated rings. The molecule has 1 atom stereocenters. The number of nitrogens with one attached hydrogen (secondary N) is 2. The second-order valence-electron chi connectivity index (χ2n) is 5.44. The molecule has 1 unspecified atom stereocenters. The fourth-order valence-electron chi connectivity index (χ4n) is 2.05. The number of carbonyl (C=O) groups excluding carboxylic acids is 1. The van der Waals surface area contributed by atoms with Crippen molar-refractivity contribution in [3.8, 4) is 0 Å². The number of nitrogens with zero attached hydrogens (tertiary/aromatic N) is 2. The van der Waals surface area contributed by atoms with Crippen LogP contribution in [0.3, 0.4) is 0 Å². The quantitative estimate of drug-likeness (QED) is 0.782. The number of anilines is 1. The minimum atomic E-state index is -0.481. The Morgan fingerprint density at radius 1 is 1.48 bits per heavy atom. The van der Waals surface area contributed by atoms with Crippen LogP contribution in [0.25, 0.3) is 0 Å².